The monoisotopic (exact) mass is 393 g/mol. The largest absolute Gasteiger partial charge is 0.433 e. The van der Waals surface area contributed by atoms with Crippen molar-refractivity contribution in [2.75, 3.05) is 6.54 Å². The van der Waals surface area contributed by atoms with Gasteiger partial charge in [0.2, 0.25) is 5.91 Å². The van der Waals surface area contributed by atoms with Crippen LogP contribution in [-0.2, 0) is 17.5 Å². The Balaban J connectivity index is 1.78. The summed E-state index contributed by atoms with van der Waals surface area (Å²) in [5.41, 5.74) is 0.203. The third-order valence-corrected chi connectivity index (χ3v) is 4.34. The van der Waals surface area contributed by atoms with Gasteiger partial charge in [-0.3, -0.25) is 14.8 Å². The van der Waals surface area contributed by atoms with Crippen molar-refractivity contribution in [3.63, 3.8) is 0 Å². The normalized spacial score (nSPS) is 19.2. The van der Waals surface area contributed by atoms with Crippen molar-refractivity contribution in [1.29, 1.82) is 5.26 Å². The number of amides is 1. The molecule has 0 radical (unpaired) electrons. The molecule has 10 heteroatoms. The lowest BCUT2D eigenvalue weighted by Gasteiger charge is -2.14. The quantitative estimate of drug-likeness (QED) is 0.779. The van der Waals surface area contributed by atoms with Gasteiger partial charge in [0.05, 0.1) is 11.3 Å². The van der Waals surface area contributed by atoms with Crippen LogP contribution in [0.2, 0.25) is 0 Å². The molecule has 1 aliphatic rings. The zero-order chi connectivity index (χ0) is 20.3. The van der Waals surface area contributed by atoms with Crippen LogP contribution in [0.4, 0.5) is 17.6 Å². The van der Waals surface area contributed by atoms with E-state index >= 15 is 0 Å². The number of pyridine rings is 2. The predicted molar refractivity (Wildman–Crippen MR) is 90.3 cm³/mol. The van der Waals surface area contributed by atoms with E-state index in [2.05, 4.69) is 20.6 Å². The third-order valence-electron chi connectivity index (χ3n) is 4.34. The molecule has 28 heavy (non-hydrogen) atoms. The Kier molecular flexibility index (Phi) is 5.56. The Bertz CT molecular complexity index is 908. The lowest BCUT2D eigenvalue weighted by molar-refractivity contribution is -0.141. The molecule has 1 fully saturated rings. The average Bonchev–Trinajstić information content (AvgIpc) is 3.11. The molecule has 2 aromatic rings. The van der Waals surface area contributed by atoms with E-state index in [0.29, 0.717) is 23.4 Å². The maximum atomic E-state index is 13.6. The first-order chi connectivity index (χ1) is 13.3. The average molecular weight is 393 g/mol. The highest BCUT2D eigenvalue weighted by atomic mass is 19.4. The molecule has 3 rings (SSSR count). The van der Waals surface area contributed by atoms with Crippen LogP contribution in [0.3, 0.4) is 0 Å². The highest BCUT2D eigenvalue weighted by Crippen LogP contribution is 2.29. The Morgan fingerprint density at radius 1 is 1.32 bits per heavy atom. The van der Waals surface area contributed by atoms with Crippen LogP contribution in [0.25, 0.3) is 11.3 Å². The number of hydrogen-bond donors (Lipinski definition) is 2. The van der Waals surface area contributed by atoms with Crippen LogP contribution in [0, 0.1) is 11.3 Å². The smallest absolute Gasteiger partial charge is 0.351 e. The lowest BCUT2D eigenvalue weighted by Crippen LogP contribution is -2.44. The van der Waals surface area contributed by atoms with Crippen molar-refractivity contribution >= 4 is 5.91 Å². The SMILES string of the molecule is N#Cc1cnc(-c2ccc(C(F)(F)F)nc2)cc1CNC(=O)[C@H]1NCC[C@@H]1F. The van der Waals surface area contributed by atoms with Crippen molar-refractivity contribution in [2.45, 2.75) is 31.4 Å². The summed E-state index contributed by atoms with van der Waals surface area (Å²) in [5.74, 6) is -0.525. The van der Waals surface area contributed by atoms with Crippen molar-refractivity contribution in [2.24, 2.45) is 0 Å². The zero-order valence-electron chi connectivity index (χ0n) is 14.4. The summed E-state index contributed by atoms with van der Waals surface area (Å²) >= 11 is 0. The summed E-state index contributed by atoms with van der Waals surface area (Å²) in [7, 11) is 0. The molecule has 3 heterocycles. The van der Waals surface area contributed by atoms with Gasteiger partial charge in [-0.25, -0.2) is 4.39 Å². The Morgan fingerprint density at radius 2 is 2.11 bits per heavy atom. The lowest BCUT2D eigenvalue weighted by atomic mass is 10.1. The van der Waals surface area contributed by atoms with Gasteiger partial charge in [-0.15, -0.1) is 0 Å². The van der Waals surface area contributed by atoms with Gasteiger partial charge < -0.3 is 10.6 Å². The topological polar surface area (TPSA) is 90.7 Å². The second-order valence-corrected chi connectivity index (χ2v) is 6.22. The van der Waals surface area contributed by atoms with Crippen LogP contribution in [0.1, 0.15) is 23.2 Å². The molecular weight excluding hydrogens is 378 g/mol. The highest BCUT2D eigenvalue weighted by Gasteiger charge is 2.33. The fraction of sp³-hybridized carbons (Fsp3) is 0.333. The number of hydrogen-bond acceptors (Lipinski definition) is 5. The van der Waals surface area contributed by atoms with Crippen molar-refractivity contribution < 1.29 is 22.4 Å². The number of nitrogens with zero attached hydrogens (tertiary/aromatic N) is 3. The molecule has 1 aliphatic heterocycles. The first-order valence-corrected chi connectivity index (χ1v) is 8.37. The number of nitrogens with one attached hydrogen (secondary N) is 2. The molecule has 2 aromatic heterocycles. The molecule has 0 spiro atoms. The Hall–Kier alpha value is -3.06. The number of carbonyl (C=O) groups excluding carboxylic acids is 1. The van der Waals surface area contributed by atoms with E-state index in [1.807, 2.05) is 6.07 Å². The van der Waals surface area contributed by atoms with E-state index in [0.717, 1.165) is 12.3 Å². The summed E-state index contributed by atoms with van der Waals surface area (Å²) in [4.78, 5) is 19.5. The molecule has 1 amide bonds. The number of halogens is 4. The van der Waals surface area contributed by atoms with Crippen molar-refractivity contribution in [3.05, 3.63) is 47.4 Å². The van der Waals surface area contributed by atoms with Gasteiger partial charge in [0.15, 0.2) is 0 Å². The van der Waals surface area contributed by atoms with Gasteiger partial charge in [0.1, 0.15) is 24.0 Å². The predicted octanol–water partition coefficient (Wildman–Crippen LogP) is 2.35. The van der Waals surface area contributed by atoms with E-state index in [4.69, 9.17) is 0 Å². The van der Waals surface area contributed by atoms with Crippen LogP contribution >= 0.6 is 0 Å². The molecule has 6 nitrogen and oxygen atoms in total. The standard InChI is InChI=1S/C18H15F4N5O/c19-13-3-4-24-16(13)17(28)27-8-11-5-14(25-9-12(11)6-23)10-1-2-15(26-7-10)18(20,21)22/h1-2,5,7,9,13,16,24H,3-4,8H2,(H,27,28)/t13-,16-/m0/s1. The molecule has 2 N–H and O–H groups in total. The molecule has 146 valence electrons. The fourth-order valence-corrected chi connectivity index (χ4v) is 2.84. The minimum Gasteiger partial charge on any atom is -0.351 e. The highest BCUT2D eigenvalue weighted by molar-refractivity contribution is 5.82. The summed E-state index contributed by atoms with van der Waals surface area (Å²) in [6.45, 7) is 0.360. The molecule has 0 unspecified atom stereocenters. The number of nitriles is 1. The summed E-state index contributed by atoms with van der Waals surface area (Å²) in [5, 5.41) is 14.5. The first kappa shape index (κ1) is 19.7. The minimum atomic E-state index is -4.55. The van der Waals surface area contributed by atoms with Crippen LogP contribution in [0.5, 0.6) is 0 Å². The maximum absolute atomic E-state index is 13.6. The second-order valence-electron chi connectivity index (χ2n) is 6.22. The van der Waals surface area contributed by atoms with Gasteiger partial charge in [-0.1, -0.05) is 0 Å². The third kappa shape index (κ3) is 4.26. The summed E-state index contributed by atoms with van der Waals surface area (Å²) < 4.78 is 51.5. The molecule has 2 atom stereocenters. The van der Waals surface area contributed by atoms with Crippen LogP contribution in [-0.4, -0.2) is 34.6 Å². The molecule has 1 saturated heterocycles. The molecule has 0 bridgehead atoms. The van der Waals surface area contributed by atoms with Crippen molar-refractivity contribution in [3.8, 4) is 17.3 Å². The number of aromatic nitrogens is 2. The van der Waals surface area contributed by atoms with E-state index in [-0.39, 0.29) is 18.5 Å². The molecular formula is C18H15F4N5O. The molecule has 0 aliphatic carbocycles. The van der Waals surface area contributed by atoms with Crippen LogP contribution in [0.15, 0.2) is 30.6 Å². The first-order valence-electron chi connectivity index (χ1n) is 8.37. The van der Waals surface area contributed by atoms with Gasteiger partial charge in [0, 0.05) is 24.5 Å². The Labute approximate surface area is 157 Å². The number of carbonyl (C=O) groups is 1. The minimum absolute atomic E-state index is 0.0454. The van der Waals surface area contributed by atoms with Gasteiger partial charge in [0.25, 0.3) is 0 Å². The number of rotatable bonds is 4. The van der Waals surface area contributed by atoms with E-state index in [1.165, 1.54) is 18.3 Å². The Morgan fingerprint density at radius 3 is 2.68 bits per heavy atom. The molecule has 0 saturated carbocycles. The zero-order valence-corrected chi connectivity index (χ0v) is 14.4. The van der Waals surface area contributed by atoms with Crippen molar-refractivity contribution in [1.82, 2.24) is 20.6 Å². The van der Waals surface area contributed by atoms with Gasteiger partial charge in [-0.2, -0.15) is 18.4 Å². The van der Waals surface area contributed by atoms with Crippen LogP contribution < -0.4 is 10.6 Å². The molecule has 0 aromatic carbocycles. The second kappa shape index (κ2) is 7.90. The summed E-state index contributed by atoms with van der Waals surface area (Å²) in [6, 6.07) is 4.54. The van der Waals surface area contributed by atoms with Gasteiger partial charge >= 0.3 is 6.18 Å². The maximum Gasteiger partial charge on any atom is 0.433 e. The van der Waals surface area contributed by atoms with Gasteiger partial charge in [-0.05, 0) is 36.7 Å². The number of alkyl halides is 4. The van der Waals surface area contributed by atoms with E-state index in [1.54, 1.807) is 0 Å². The van der Waals surface area contributed by atoms with E-state index < -0.39 is 30.0 Å². The summed E-state index contributed by atoms with van der Waals surface area (Å²) in [6.07, 6.45) is -3.27. The van der Waals surface area contributed by atoms with E-state index in [9.17, 15) is 27.6 Å². The fourth-order valence-electron chi connectivity index (χ4n) is 2.84.